The van der Waals surface area contributed by atoms with Crippen LogP contribution in [-0.4, -0.2) is 24.1 Å². The standard InChI is InChI=1S/C24H29F3N4O/c1-16-11-13-31(14-12-16)22-18(9-10-21(30-22)24(25,26)27)15-28-23(32)29-20-8-4-6-17-5-2-3-7-19(17)20/h2-3,5,7,9-10,16,20H,4,6,8,11-15H2,1H3,(H2,28,29,32). The average molecular weight is 447 g/mol. The molecule has 0 spiro atoms. The Bertz CT molecular complexity index is 955. The molecule has 2 heterocycles. The zero-order valence-corrected chi connectivity index (χ0v) is 18.2. The van der Waals surface area contributed by atoms with E-state index in [2.05, 4.69) is 28.6 Å². The minimum absolute atomic E-state index is 0.0614. The van der Waals surface area contributed by atoms with Crippen molar-refractivity contribution < 1.29 is 18.0 Å². The summed E-state index contributed by atoms with van der Waals surface area (Å²) in [4.78, 5) is 18.5. The predicted octanol–water partition coefficient (Wildman–Crippen LogP) is 5.21. The monoisotopic (exact) mass is 446 g/mol. The second-order valence-corrected chi connectivity index (χ2v) is 8.82. The SMILES string of the molecule is CC1CCN(c2nc(C(F)(F)F)ccc2CNC(=O)NC2CCCc3ccccc32)CC1. The summed E-state index contributed by atoms with van der Waals surface area (Å²) in [6.07, 6.45) is 0.186. The number of rotatable bonds is 4. The number of hydrogen-bond acceptors (Lipinski definition) is 3. The summed E-state index contributed by atoms with van der Waals surface area (Å²) in [5.74, 6) is 0.859. The fraction of sp³-hybridized carbons (Fsp3) is 0.500. The molecule has 2 amide bonds. The lowest BCUT2D eigenvalue weighted by atomic mass is 9.88. The highest BCUT2D eigenvalue weighted by atomic mass is 19.4. The first-order valence-electron chi connectivity index (χ1n) is 11.3. The number of piperidine rings is 1. The zero-order valence-electron chi connectivity index (χ0n) is 18.2. The molecular weight excluding hydrogens is 417 g/mol. The number of benzene rings is 1. The molecular formula is C24H29F3N4O. The van der Waals surface area contributed by atoms with Crippen LogP contribution in [0, 0.1) is 5.92 Å². The second-order valence-electron chi connectivity index (χ2n) is 8.82. The molecule has 1 aliphatic carbocycles. The molecule has 1 saturated heterocycles. The van der Waals surface area contributed by atoms with E-state index in [-0.39, 0.29) is 18.6 Å². The summed E-state index contributed by atoms with van der Waals surface area (Å²) >= 11 is 0. The van der Waals surface area contributed by atoms with Gasteiger partial charge in [0.2, 0.25) is 0 Å². The van der Waals surface area contributed by atoms with Gasteiger partial charge in [-0.15, -0.1) is 0 Å². The summed E-state index contributed by atoms with van der Waals surface area (Å²) in [7, 11) is 0. The van der Waals surface area contributed by atoms with Crippen LogP contribution in [0.25, 0.3) is 0 Å². The molecule has 5 nitrogen and oxygen atoms in total. The number of pyridine rings is 1. The van der Waals surface area contributed by atoms with Gasteiger partial charge in [0.15, 0.2) is 0 Å². The van der Waals surface area contributed by atoms with Gasteiger partial charge in [0.05, 0.1) is 6.04 Å². The Morgan fingerprint density at radius 3 is 2.62 bits per heavy atom. The molecule has 8 heteroatoms. The number of hydrogen-bond donors (Lipinski definition) is 2. The van der Waals surface area contributed by atoms with Crippen LogP contribution < -0.4 is 15.5 Å². The number of aryl methyl sites for hydroxylation is 1. The molecule has 0 radical (unpaired) electrons. The lowest BCUT2D eigenvalue weighted by Crippen LogP contribution is -2.39. The molecule has 1 aromatic heterocycles. The van der Waals surface area contributed by atoms with Gasteiger partial charge < -0.3 is 15.5 Å². The Kier molecular flexibility index (Phi) is 6.58. The number of urea groups is 1. The number of anilines is 1. The largest absolute Gasteiger partial charge is 0.433 e. The van der Waals surface area contributed by atoms with Gasteiger partial charge >= 0.3 is 12.2 Å². The maximum absolute atomic E-state index is 13.3. The first-order chi connectivity index (χ1) is 15.3. The van der Waals surface area contributed by atoms with Crippen LogP contribution in [0.15, 0.2) is 36.4 Å². The van der Waals surface area contributed by atoms with Gasteiger partial charge in [-0.25, -0.2) is 9.78 Å². The van der Waals surface area contributed by atoms with E-state index in [0.29, 0.717) is 30.4 Å². The van der Waals surface area contributed by atoms with Gasteiger partial charge in [0, 0.05) is 25.2 Å². The van der Waals surface area contributed by atoms with Crippen LogP contribution in [0.3, 0.4) is 0 Å². The first-order valence-corrected chi connectivity index (χ1v) is 11.3. The van der Waals surface area contributed by atoms with Crippen LogP contribution in [-0.2, 0) is 19.1 Å². The Labute approximate surface area is 186 Å². The highest BCUT2D eigenvalue weighted by Crippen LogP contribution is 2.32. The number of alkyl halides is 3. The Morgan fingerprint density at radius 1 is 1.12 bits per heavy atom. The fourth-order valence-electron chi connectivity index (χ4n) is 4.56. The predicted molar refractivity (Wildman–Crippen MR) is 117 cm³/mol. The van der Waals surface area contributed by atoms with Gasteiger partial charge in [0.1, 0.15) is 11.5 Å². The van der Waals surface area contributed by atoms with Gasteiger partial charge in [-0.2, -0.15) is 13.2 Å². The summed E-state index contributed by atoms with van der Waals surface area (Å²) in [5.41, 5.74) is 2.07. The van der Waals surface area contributed by atoms with E-state index >= 15 is 0 Å². The third-order valence-corrected chi connectivity index (χ3v) is 6.44. The average Bonchev–Trinajstić information content (AvgIpc) is 2.78. The van der Waals surface area contributed by atoms with Crippen molar-refractivity contribution in [3.63, 3.8) is 0 Å². The molecule has 1 atom stereocenters. The molecule has 1 unspecified atom stereocenters. The van der Waals surface area contributed by atoms with Gasteiger partial charge in [0.25, 0.3) is 0 Å². The summed E-state index contributed by atoms with van der Waals surface area (Å²) in [5, 5.41) is 5.85. The van der Waals surface area contributed by atoms with Crippen LogP contribution in [0.5, 0.6) is 0 Å². The molecule has 1 aromatic carbocycles. The van der Waals surface area contributed by atoms with Crippen LogP contribution >= 0.6 is 0 Å². The third-order valence-electron chi connectivity index (χ3n) is 6.44. The van der Waals surface area contributed by atoms with Crippen molar-refractivity contribution in [1.29, 1.82) is 0 Å². The molecule has 32 heavy (non-hydrogen) atoms. The molecule has 1 aliphatic heterocycles. The van der Waals surface area contributed by atoms with Gasteiger partial charge in [-0.05, 0) is 55.2 Å². The van der Waals surface area contributed by atoms with Gasteiger partial charge in [-0.1, -0.05) is 37.3 Å². The van der Waals surface area contributed by atoms with Gasteiger partial charge in [-0.3, -0.25) is 0 Å². The van der Waals surface area contributed by atoms with E-state index in [1.807, 2.05) is 23.1 Å². The quantitative estimate of drug-likeness (QED) is 0.678. The maximum Gasteiger partial charge on any atom is 0.433 e. The topological polar surface area (TPSA) is 57.3 Å². The highest BCUT2D eigenvalue weighted by Gasteiger charge is 2.34. The Hall–Kier alpha value is -2.77. The van der Waals surface area contributed by atoms with Crippen LogP contribution in [0.2, 0.25) is 0 Å². The highest BCUT2D eigenvalue weighted by molar-refractivity contribution is 5.74. The summed E-state index contributed by atoms with van der Waals surface area (Å²) in [6.45, 7) is 3.58. The normalized spacial score (nSPS) is 19.4. The number of carbonyl (C=O) groups excluding carboxylic acids is 1. The van der Waals surface area contributed by atoms with E-state index in [0.717, 1.165) is 43.7 Å². The minimum Gasteiger partial charge on any atom is -0.356 e. The summed E-state index contributed by atoms with van der Waals surface area (Å²) in [6, 6.07) is 10.1. The Balaban J connectivity index is 1.46. The van der Waals surface area contributed by atoms with Crippen LogP contribution in [0.1, 0.15) is 61.0 Å². The number of halogens is 3. The van der Waals surface area contributed by atoms with Crippen molar-refractivity contribution in [2.45, 2.75) is 57.8 Å². The lowest BCUT2D eigenvalue weighted by molar-refractivity contribution is -0.141. The molecule has 172 valence electrons. The fourth-order valence-corrected chi connectivity index (χ4v) is 4.56. The Morgan fingerprint density at radius 2 is 1.88 bits per heavy atom. The number of aromatic nitrogens is 1. The van der Waals surface area contributed by atoms with Crippen molar-refractivity contribution in [2.24, 2.45) is 5.92 Å². The molecule has 4 rings (SSSR count). The van der Waals surface area contributed by atoms with E-state index in [1.165, 1.54) is 11.6 Å². The molecule has 2 aromatic rings. The smallest absolute Gasteiger partial charge is 0.356 e. The molecule has 0 saturated carbocycles. The molecule has 2 aliphatic rings. The number of nitrogens with zero attached hydrogens (tertiary/aromatic N) is 2. The lowest BCUT2D eigenvalue weighted by Gasteiger charge is -2.33. The van der Waals surface area contributed by atoms with Crippen molar-refractivity contribution in [2.75, 3.05) is 18.0 Å². The van der Waals surface area contributed by atoms with Crippen molar-refractivity contribution >= 4 is 11.8 Å². The van der Waals surface area contributed by atoms with Crippen molar-refractivity contribution in [3.05, 3.63) is 58.8 Å². The van der Waals surface area contributed by atoms with Crippen molar-refractivity contribution in [1.82, 2.24) is 15.6 Å². The first kappa shape index (κ1) is 22.4. The number of carbonyl (C=O) groups is 1. The maximum atomic E-state index is 13.3. The minimum atomic E-state index is -4.50. The number of amides is 2. The zero-order chi connectivity index (χ0) is 22.7. The number of fused-ring (bicyclic) bond motifs is 1. The van der Waals surface area contributed by atoms with E-state index in [9.17, 15) is 18.0 Å². The second kappa shape index (κ2) is 9.38. The van der Waals surface area contributed by atoms with E-state index in [4.69, 9.17) is 0 Å². The number of nitrogens with one attached hydrogen (secondary N) is 2. The van der Waals surface area contributed by atoms with Crippen LogP contribution in [0.4, 0.5) is 23.8 Å². The molecule has 1 fully saturated rings. The molecule has 2 N–H and O–H groups in total. The molecule has 0 bridgehead atoms. The van der Waals surface area contributed by atoms with E-state index in [1.54, 1.807) is 0 Å². The van der Waals surface area contributed by atoms with E-state index < -0.39 is 11.9 Å². The third kappa shape index (κ3) is 5.16. The van der Waals surface area contributed by atoms with Crippen molar-refractivity contribution in [3.8, 4) is 0 Å². The summed E-state index contributed by atoms with van der Waals surface area (Å²) < 4.78 is 39.8.